The van der Waals surface area contributed by atoms with Crippen LogP contribution in [-0.4, -0.2) is 54.7 Å². The molecule has 2 aromatic rings. The third-order valence-electron chi connectivity index (χ3n) is 4.77. The molecule has 0 amide bonds. The molecule has 4 rings (SSSR count). The van der Waals surface area contributed by atoms with E-state index < -0.39 is 9.84 Å². The molecule has 1 fully saturated rings. The Labute approximate surface area is 141 Å². The Hall–Kier alpha value is -2.22. The van der Waals surface area contributed by atoms with Crippen molar-refractivity contribution in [2.75, 3.05) is 34.9 Å². The first-order valence-corrected chi connectivity index (χ1v) is 9.84. The van der Waals surface area contributed by atoms with E-state index in [4.69, 9.17) is 0 Å². The van der Waals surface area contributed by atoms with Gasteiger partial charge in [0.25, 0.3) is 0 Å². The van der Waals surface area contributed by atoms with Crippen LogP contribution in [0.2, 0.25) is 0 Å². The van der Waals surface area contributed by atoms with E-state index in [1.54, 1.807) is 6.20 Å². The van der Waals surface area contributed by atoms with Crippen molar-refractivity contribution in [1.82, 2.24) is 15.2 Å². The lowest BCUT2D eigenvalue weighted by atomic mass is 10.2. The lowest BCUT2D eigenvalue weighted by Crippen LogP contribution is -2.34. The maximum atomic E-state index is 11.7. The molecule has 0 aliphatic carbocycles. The van der Waals surface area contributed by atoms with Crippen molar-refractivity contribution in [3.05, 3.63) is 36.0 Å². The summed E-state index contributed by atoms with van der Waals surface area (Å²) in [6.07, 6.45) is 3.25. The first kappa shape index (κ1) is 15.3. The predicted octanol–water partition coefficient (Wildman–Crippen LogP) is 1.19. The molecule has 8 heteroatoms. The maximum absolute atomic E-state index is 11.7. The minimum Gasteiger partial charge on any atom is -0.338 e. The van der Waals surface area contributed by atoms with E-state index in [-0.39, 0.29) is 17.5 Å². The third-order valence-corrected chi connectivity index (χ3v) is 6.52. The minimum absolute atomic E-state index is 0.0853. The molecule has 24 heavy (non-hydrogen) atoms. The van der Waals surface area contributed by atoms with Gasteiger partial charge in [-0.1, -0.05) is 18.2 Å². The lowest BCUT2D eigenvalue weighted by Gasteiger charge is -2.24. The highest BCUT2D eigenvalue weighted by Gasteiger charge is 2.32. The van der Waals surface area contributed by atoms with Gasteiger partial charge in [0.2, 0.25) is 5.95 Å². The van der Waals surface area contributed by atoms with Gasteiger partial charge in [-0.2, -0.15) is 10.1 Å². The van der Waals surface area contributed by atoms with Gasteiger partial charge in [0.1, 0.15) is 0 Å². The maximum Gasteiger partial charge on any atom is 0.247 e. The Morgan fingerprint density at radius 3 is 2.92 bits per heavy atom. The van der Waals surface area contributed by atoms with Crippen LogP contribution in [0.1, 0.15) is 12.0 Å². The van der Waals surface area contributed by atoms with Gasteiger partial charge >= 0.3 is 0 Å². The van der Waals surface area contributed by atoms with Gasteiger partial charge in [0.15, 0.2) is 15.7 Å². The fourth-order valence-corrected chi connectivity index (χ4v) is 5.16. The minimum atomic E-state index is -2.94. The van der Waals surface area contributed by atoms with E-state index in [9.17, 15) is 8.42 Å². The zero-order valence-electron chi connectivity index (χ0n) is 13.5. The zero-order chi connectivity index (χ0) is 16.7. The zero-order valence-corrected chi connectivity index (χ0v) is 14.3. The summed E-state index contributed by atoms with van der Waals surface area (Å²) in [4.78, 5) is 8.60. The fraction of sp³-hybridized carbons (Fsp3) is 0.438. The summed E-state index contributed by atoms with van der Waals surface area (Å²) in [6.45, 7) is 0.860. The quantitative estimate of drug-likeness (QED) is 0.826. The molecule has 126 valence electrons. The van der Waals surface area contributed by atoms with Gasteiger partial charge in [-0.15, -0.1) is 5.10 Å². The van der Waals surface area contributed by atoms with Gasteiger partial charge in [0.05, 0.1) is 17.7 Å². The highest BCUT2D eigenvalue weighted by Crippen LogP contribution is 2.33. The number of hydrogen-bond acceptors (Lipinski definition) is 7. The average molecular weight is 345 g/mol. The largest absolute Gasteiger partial charge is 0.338 e. The monoisotopic (exact) mass is 345 g/mol. The van der Waals surface area contributed by atoms with Crippen molar-refractivity contribution in [3.63, 3.8) is 0 Å². The summed E-state index contributed by atoms with van der Waals surface area (Å²) in [5.74, 6) is 1.61. The summed E-state index contributed by atoms with van der Waals surface area (Å²) in [7, 11) is -1.10. The molecule has 2 aliphatic heterocycles. The molecule has 0 N–H and O–H groups in total. The summed E-state index contributed by atoms with van der Waals surface area (Å²) >= 11 is 0. The lowest BCUT2D eigenvalue weighted by molar-refractivity contribution is 0.600. The number of anilines is 3. The molecule has 1 atom stereocenters. The van der Waals surface area contributed by atoms with Gasteiger partial charge in [-0.25, -0.2) is 8.42 Å². The summed E-state index contributed by atoms with van der Waals surface area (Å²) < 4.78 is 23.4. The number of fused-ring (bicyclic) bond motifs is 1. The number of aromatic nitrogens is 3. The number of benzene rings is 1. The summed E-state index contributed by atoms with van der Waals surface area (Å²) in [5.41, 5.74) is 2.45. The molecule has 2 aliphatic rings. The van der Waals surface area contributed by atoms with Crippen LogP contribution in [-0.2, 0) is 16.3 Å². The molecular weight excluding hydrogens is 326 g/mol. The van der Waals surface area contributed by atoms with E-state index in [1.165, 1.54) is 5.56 Å². The predicted molar refractivity (Wildman–Crippen MR) is 92.4 cm³/mol. The van der Waals surface area contributed by atoms with Crippen LogP contribution in [0.4, 0.5) is 17.5 Å². The normalized spacial score (nSPS) is 21.7. The SMILES string of the molecule is CN(c1nncc(N2CCc3ccccc32)n1)C1CCS(=O)(=O)C1. The molecule has 1 saturated heterocycles. The Kier molecular flexibility index (Phi) is 3.64. The van der Waals surface area contributed by atoms with Crippen LogP contribution >= 0.6 is 0 Å². The van der Waals surface area contributed by atoms with E-state index in [0.717, 1.165) is 24.5 Å². The highest BCUT2D eigenvalue weighted by atomic mass is 32.2. The van der Waals surface area contributed by atoms with E-state index in [2.05, 4.69) is 32.2 Å². The van der Waals surface area contributed by atoms with Gasteiger partial charge in [-0.05, 0) is 24.5 Å². The first-order chi connectivity index (χ1) is 11.5. The molecule has 3 heterocycles. The van der Waals surface area contributed by atoms with Crippen LogP contribution in [0, 0.1) is 0 Å². The van der Waals surface area contributed by atoms with Gasteiger partial charge in [-0.3, -0.25) is 0 Å². The van der Waals surface area contributed by atoms with Crippen molar-refractivity contribution in [2.24, 2.45) is 0 Å². The van der Waals surface area contributed by atoms with E-state index in [0.29, 0.717) is 12.4 Å². The molecule has 0 radical (unpaired) electrons. The van der Waals surface area contributed by atoms with Crippen LogP contribution in [0.15, 0.2) is 30.5 Å². The molecule has 7 nitrogen and oxygen atoms in total. The molecule has 0 spiro atoms. The second-order valence-corrected chi connectivity index (χ2v) is 8.54. The third kappa shape index (κ3) is 2.71. The molecule has 0 saturated carbocycles. The van der Waals surface area contributed by atoms with Crippen molar-refractivity contribution in [1.29, 1.82) is 0 Å². The van der Waals surface area contributed by atoms with Crippen molar-refractivity contribution >= 4 is 27.3 Å². The second kappa shape index (κ2) is 5.70. The number of rotatable bonds is 3. The van der Waals surface area contributed by atoms with E-state index in [1.807, 2.05) is 24.1 Å². The Morgan fingerprint density at radius 2 is 2.12 bits per heavy atom. The van der Waals surface area contributed by atoms with Crippen molar-refractivity contribution in [3.8, 4) is 0 Å². The van der Waals surface area contributed by atoms with Crippen LogP contribution in [0.5, 0.6) is 0 Å². The molecule has 1 unspecified atom stereocenters. The van der Waals surface area contributed by atoms with Crippen molar-refractivity contribution in [2.45, 2.75) is 18.9 Å². The second-order valence-electron chi connectivity index (χ2n) is 6.31. The van der Waals surface area contributed by atoms with Gasteiger partial charge < -0.3 is 9.80 Å². The fourth-order valence-electron chi connectivity index (χ4n) is 3.39. The first-order valence-electron chi connectivity index (χ1n) is 8.02. The number of sulfone groups is 1. The number of hydrogen-bond donors (Lipinski definition) is 0. The standard InChI is InChI=1S/C16H19N5O2S/c1-20(13-7-9-24(22,23)11-13)16-18-15(10-17-19-16)21-8-6-12-4-2-3-5-14(12)21/h2-5,10,13H,6-9,11H2,1H3. The Morgan fingerprint density at radius 1 is 1.29 bits per heavy atom. The summed E-state index contributed by atoms with van der Waals surface area (Å²) in [5, 5.41) is 8.19. The Bertz CT molecular complexity index is 870. The average Bonchev–Trinajstić information content (AvgIpc) is 3.17. The topological polar surface area (TPSA) is 79.3 Å². The van der Waals surface area contributed by atoms with Crippen LogP contribution in [0.25, 0.3) is 0 Å². The summed E-state index contributed by atoms with van der Waals surface area (Å²) in [6, 6.07) is 8.18. The van der Waals surface area contributed by atoms with E-state index >= 15 is 0 Å². The van der Waals surface area contributed by atoms with Crippen LogP contribution < -0.4 is 9.80 Å². The van der Waals surface area contributed by atoms with Crippen molar-refractivity contribution < 1.29 is 8.42 Å². The molecule has 1 aromatic heterocycles. The molecular formula is C16H19N5O2S. The number of nitrogens with zero attached hydrogens (tertiary/aromatic N) is 5. The highest BCUT2D eigenvalue weighted by molar-refractivity contribution is 7.91. The Balaban J connectivity index is 1.61. The van der Waals surface area contributed by atoms with Gasteiger partial charge in [0, 0.05) is 25.3 Å². The van der Waals surface area contributed by atoms with Crippen LogP contribution in [0.3, 0.4) is 0 Å². The smallest absolute Gasteiger partial charge is 0.247 e. The number of para-hydroxylation sites is 1. The molecule has 1 aromatic carbocycles. The molecule has 0 bridgehead atoms.